The number of fused-ring (bicyclic) bond motifs is 1. The predicted octanol–water partition coefficient (Wildman–Crippen LogP) is 2.16. The molecule has 20 heavy (non-hydrogen) atoms. The minimum Gasteiger partial charge on any atom is -0.337 e. The number of rotatable bonds is 4. The van der Waals surface area contributed by atoms with Crippen molar-refractivity contribution in [1.29, 1.82) is 5.26 Å². The summed E-state index contributed by atoms with van der Waals surface area (Å²) in [5.41, 5.74) is 0.543. The van der Waals surface area contributed by atoms with Gasteiger partial charge in [0.2, 0.25) is 5.91 Å². The van der Waals surface area contributed by atoms with Crippen molar-refractivity contribution in [3.8, 4) is 6.07 Å². The zero-order chi connectivity index (χ0) is 14.8. The second-order valence-electron chi connectivity index (χ2n) is 5.85. The molecule has 0 fully saturated rings. The second kappa shape index (κ2) is 5.94. The van der Waals surface area contributed by atoms with Gasteiger partial charge in [0.1, 0.15) is 5.54 Å². The summed E-state index contributed by atoms with van der Waals surface area (Å²) in [6.07, 6.45) is 1.01. The first kappa shape index (κ1) is 15.0. The first-order valence-electron chi connectivity index (χ1n) is 6.94. The Morgan fingerprint density at radius 1 is 1.65 bits per heavy atom. The van der Waals surface area contributed by atoms with Gasteiger partial charge in [-0.25, -0.2) is 0 Å². The molecule has 0 saturated carbocycles. The molecule has 0 saturated heterocycles. The van der Waals surface area contributed by atoms with Gasteiger partial charge in [-0.2, -0.15) is 5.26 Å². The molecule has 1 atom stereocenters. The highest BCUT2D eigenvalue weighted by Gasteiger charge is 2.30. The van der Waals surface area contributed by atoms with Gasteiger partial charge < -0.3 is 5.32 Å². The number of hydrogen-bond donors (Lipinski definition) is 1. The first-order valence-corrected chi connectivity index (χ1v) is 7.82. The SMILES string of the molecule is CC(C)C(C)(C#N)NC(=O)CN1CCc2sccc2C1. The molecule has 1 aromatic heterocycles. The second-order valence-corrected chi connectivity index (χ2v) is 6.85. The highest BCUT2D eigenvalue weighted by molar-refractivity contribution is 7.10. The zero-order valence-corrected chi connectivity index (χ0v) is 13.1. The van der Waals surface area contributed by atoms with Gasteiger partial charge in [0.25, 0.3) is 0 Å². The van der Waals surface area contributed by atoms with E-state index in [4.69, 9.17) is 0 Å². The van der Waals surface area contributed by atoms with Gasteiger partial charge in [0.15, 0.2) is 0 Å². The van der Waals surface area contributed by atoms with E-state index in [9.17, 15) is 10.1 Å². The van der Waals surface area contributed by atoms with E-state index in [2.05, 4.69) is 27.7 Å². The van der Waals surface area contributed by atoms with Gasteiger partial charge in [-0.05, 0) is 36.3 Å². The predicted molar refractivity (Wildman–Crippen MR) is 80.3 cm³/mol. The lowest BCUT2D eigenvalue weighted by molar-refractivity contribution is -0.124. The number of thiophene rings is 1. The summed E-state index contributed by atoms with van der Waals surface area (Å²) in [7, 11) is 0. The number of amides is 1. The molecule has 1 aliphatic heterocycles. The monoisotopic (exact) mass is 291 g/mol. The van der Waals surface area contributed by atoms with Crippen molar-refractivity contribution in [2.24, 2.45) is 5.92 Å². The fraction of sp³-hybridized carbons (Fsp3) is 0.600. The Morgan fingerprint density at radius 3 is 3.05 bits per heavy atom. The van der Waals surface area contributed by atoms with Gasteiger partial charge in [-0.3, -0.25) is 9.69 Å². The average molecular weight is 291 g/mol. The molecule has 1 aliphatic rings. The third-order valence-corrected chi connectivity index (χ3v) is 5.06. The van der Waals surface area contributed by atoms with Crippen LogP contribution >= 0.6 is 11.3 Å². The zero-order valence-electron chi connectivity index (χ0n) is 12.3. The topological polar surface area (TPSA) is 56.1 Å². The summed E-state index contributed by atoms with van der Waals surface area (Å²) < 4.78 is 0. The summed E-state index contributed by atoms with van der Waals surface area (Å²) in [4.78, 5) is 15.7. The van der Waals surface area contributed by atoms with Crippen LogP contribution in [0.3, 0.4) is 0 Å². The molecule has 5 heteroatoms. The molecule has 2 heterocycles. The molecule has 108 valence electrons. The number of nitriles is 1. The quantitative estimate of drug-likeness (QED) is 0.925. The molecule has 1 N–H and O–H groups in total. The van der Waals surface area contributed by atoms with E-state index in [1.54, 1.807) is 18.3 Å². The normalized spacial score (nSPS) is 18.1. The van der Waals surface area contributed by atoms with Crippen molar-refractivity contribution >= 4 is 17.2 Å². The first-order chi connectivity index (χ1) is 9.44. The molecule has 1 unspecified atom stereocenters. The molecule has 1 amide bonds. The summed E-state index contributed by atoms with van der Waals surface area (Å²) in [6, 6.07) is 4.35. The number of carbonyl (C=O) groups is 1. The summed E-state index contributed by atoms with van der Waals surface area (Å²) in [6.45, 7) is 7.77. The van der Waals surface area contributed by atoms with E-state index in [1.807, 2.05) is 13.8 Å². The van der Waals surface area contributed by atoms with Crippen molar-refractivity contribution in [1.82, 2.24) is 10.2 Å². The lowest BCUT2D eigenvalue weighted by Gasteiger charge is -2.30. The Balaban J connectivity index is 1.92. The smallest absolute Gasteiger partial charge is 0.235 e. The Bertz CT molecular complexity index is 531. The summed E-state index contributed by atoms with van der Waals surface area (Å²) >= 11 is 1.79. The lowest BCUT2D eigenvalue weighted by Crippen LogP contribution is -2.52. The lowest BCUT2D eigenvalue weighted by atomic mass is 9.90. The van der Waals surface area contributed by atoms with Gasteiger partial charge in [-0.1, -0.05) is 13.8 Å². The molecular weight excluding hydrogens is 270 g/mol. The van der Waals surface area contributed by atoms with Gasteiger partial charge >= 0.3 is 0 Å². The van der Waals surface area contributed by atoms with E-state index < -0.39 is 5.54 Å². The van der Waals surface area contributed by atoms with E-state index in [0.29, 0.717) is 6.54 Å². The van der Waals surface area contributed by atoms with Crippen LogP contribution in [0.4, 0.5) is 0 Å². The maximum absolute atomic E-state index is 12.1. The standard InChI is InChI=1S/C15H21N3OS/c1-11(2)15(3,10-16)17-14(19)9-18-6-4-13-12(8-18)5-7-20-13/h5,7,11H,4,6,8-9H2,1-3H3,(H,17,19). The molecule has 2 rings (SSSR count). The molecule has 4 nitrogen and oxygen atoms in total. The Kier molecular flexibility index (Phi) is 4.46. The molecule has 1 aromatic rings. The molecule has 0 spiro atoms. The van der Waals surface area contributed by atoms with E-state index in [1.165, 1.54) is 10.4 Å². The van der Waals surface area contributed by atoms with Crippen molar-refractivity contribution in [2.45, 2.75) is 39.3 Å². The third kappa shape index (κ3) is 3.20. The van der Waals surface area contributed by atoms with E-state index >= 15 is 0 Å². The van der Waals surface area contributed by atoms with Gasteiger partial charge in [0.05, 0.1) is 12.6 Å². The molecule has 0 radical (unpaired) electrons. The third-order valence-electron chi connectivity index (χ3n) is 4.04. The molecule has 0 aromatic carbocycles. The minimum atomic E-state index is -0.791. The van der Waals surface area contributed by atoms with Crippen LogP contribution in [0.25, 0.3) is 0 Å². The fourth-order valence-corrected chi connectivity index (χ4v) is 3.17. The molecule has 0 bridgehead atoms. The highest BCUT2D eigenvalue weighted by Crippen LogP contribution is 2.23. The van der Waals surface area contributed by atoms with Gasteiger partial charge in [0, 0.05) is 18.0 Å². The fourth-order valence-electron chi connectivity index (χ4n) is 2.28. The van der Waals surface area contributed by atoms with E-state index in [-0.39, 0.29) is 11.8 Å². The summed E-state index contributed by atoms with van der Waals surface area (Å²) in [5, 5.41) is 14.2. The number of carbonyl (C=O) groups excluding carboxylic acids is 1. The number of hydrogen-bond acceptors (Lipinski definition) is 4. The van der Waals surface area contributed by atoms with Crippen molar-refractivity contribution in [2.75, 3.05) is 13.1 Å². The molecular formula is C15H21N3OS. The Hall–Kier alpha value is -1.38. The van der Waals surface area contributed by atoms with Crippen molar-refractivity contribution < 1.29 is 4.79 Å². The van der Waals surface area contributed by atoms with Crippen LogP contribution in [0.5, 0.6) is 0 Å². The maximum Gasteiger partial charge on any atom is 0.235 e. The van der Waals surface area contributed by atoms with Crippen LogP contribution in [0.2, 0.25) is 0 Å². The maximum atomic E-state index is 12.1. The number of nitrogens with one attached hydrogen (secondary N) is 1. The van der Waals surface area contributed by atoms with Crippen LogP contribution in [-0.4, -0.2) is 29.4 Å². The van der Waals surface area contributed by atoms with Crippen LogP contribution in [-0.2, 0) is 17.8 Å². The van der Waals surface area contributed by atoms with Gasteiger partial charge in [-0.15, -0.1) is 11.3 Å². The highest BCUT2D eigenvalue weighted by atomic mass is 32.1. The van der Waals surface area contributed by atoms with E-state index in [0.717, 1.165) is 19.5 Å². The largest absolute Gasteiger partial charge is 0.337 e. The van der Waals surface area contributed by atoms with Crippen LogP contribution in [0.15, 0.2) is 11.4 Å². The van der Waals surface area contributed by atoms with Crippen LogP contribution < -0.4 is 5.32 Å². The Morgan fingerprint density at radius 2 is 2.40 bits per heavy atom. The number of nitrogens with zero attached hydrogens (tertiary/aromatic N) is 2. The molecule has 0 aliphatic carbocycles. The van der Waals surface area contributed by atoms with Crippen LogP contribution in [0.1, 0.15) is 31.2 Å². The minimum absolute atomic E-state index is 0.0681. The van der Waals surface area contributed by atoms with Crippen molar-refractivity contribution in [3.05, 3.63) is 21.9 Å². The average Bonchev–Trinajstić information content (AvgIpc) is 2.85. The van der Waals surface area contributed by atoms with Crippen LogP contribution in [0, 0.1) is 17.2 Å². The summed E-state index contributed by atoms with van der Waals surface area (Å²) in [5.74, 6) is 0.0164. The van der Waals surface area contributed by atoms with Crippen molar-refractivity contribution in [3.63, 3.8) is 0 Å². The Labute approximate surface area is 124 Å².